The minimum absolute atomic E-state index is 0.482. The summed E-state index contributed by atoms with van der Waals surface area (Å²) in [6, 6.07) is 19.2. The second-order valence-electron chi connectivity index (χ2n) is 4.76. The first-order valence-corrected chi connectivity index (χ1v) is 6.53. The summed E-state index contributed by atoms with van der Waals surface area (Å²) in [4.78, 5) is 0. The van der Waals surface area contributed by atoms with Crippen molar-refractivity contribution in [2.24, 2.45) is 0 Å². The van der Waals surface area contributed by atoms with E-state index >= 15 is 0 Å². The molecule has 92 valence electrons. The molecule has 18 heavy (non-hydrogen) atoms. The molecule has 2 aromatic rings. The van der Waals surface area contributed by atoms with Crippen LogP contribution in [0.5, 0.6) is 0 Å². The van der Waals surface area contributed by atoms with Gasteiger partial charge in [0.1, 0.15) is 0 Å². The maximum Gasteiger partial charge on any atom is -0.00103 e. The van der Waals surface area contributed by atoms with Crippen LogP contribution in [0.2, 0.25) is 0 Å². The molecule has 0 aliphatic carbocycles. The van der Waals surface area contributed by atoms with E-state index in [1.54, 1.807) is 0 Å². The quantitative estimate of drug-likeness (QED) is 0.662. The predicted molar refractivity (Wildman–Crippen MR) is 78.9 cm³/mol. The van der Waals surface area contributed by atoms with E-state index in [2.05, 4.69) is 80.6 Å². The highest BCUT2D eigenvalue weighted by atomic mass is 14.0. The van der Waals surface area contributed by atoms with Gasteiger partial charge in [0.05, 0.1) is 0 Å². The Morgan fingerprint density at radius 2 is 1.61 bits per heavy atom. The molecule has 0 radical (unpaired) electrons. The standard InChI is InChI=1S/C18H20/c1-15-9-6-7-13-18(15)14-8-10-16(2)17-11-4-3-5-12-17/h3-13,16H,14H2,1-2H3. The summed E-state index contributed by atoms with van der Waals surface area (Å²) in [6.45, 7) is 4.41. The molecule has 0 nitrogen and oxygen atoms in total. The molecule has 0 bridgehead atoms. The Morgan fingerprint density at radius 3 is 2.33 bits per heavy atom. The number of benzene rings is 2. The van der Waals surface area contributed by atoms with Gasteiger partial charge in [-0.05, 0) is 36.0 Å². The molecular weight excluding hydrogens is 216 g/mol. The van der Waals surface area contributed by atoms with Gasteiger partial charge >= 0.3 is 0 Å². The van der Waals surface area contributed by atoms with E-state index in [1.165, 1.54) is 16.7 Å². The van der Waals surface area contributed by atoms with Gasteiger partial charge in [0.2, 0.25) is 0 Å². The first kappa shape index (κ1) is 12.6. The van der Waals surface area contributed by atoms with Crippen LogP contribution in [0.15, 0.2) is 66.7 Å². The van der Waals surface area contributed by atoms with Crippen LogP contribution in [0.1, 0.15) is 29.5 Å². The lowest BCUT2D eigenvalue weighted by Gasteiger charge is -2.06. The predicted octanol–water partition coefficient (Wildman–Crippen LogP) is 4.90. The van der Waals surface area contributed by atoms with E-state index in [0.29, 0.717) is 5.92 Å². The molecule has 1 unspecified atom stereocenters. The Kier molecular flexibility index (Phi) is 4.35. The summed E-state index contributed by atoms with van der Waals surface area (Å²) in [5.41, 5.74) is 4.15. The van der Waals surface area contributed by atoms with E-state index in [-0.39, 0.29) is 0 Å². The van der Waals surface area contributed by atoms with Crippen LogP contribution in [0.4, 0.5) is 0 Å². The van der Waals surface area contributed by atoms with Crippen LogP contribution >= 0.6 is 0 Å². The average Bonchev–Trinajstić information content (AvgIpc) is 2.42. The minimum atomic E-state index is 0.482. The van der Waals surface area contributed by atoms with Crippen LogP contribution in [0.3, 0.4) is 0 Å². The van der Waals surface area contributed by atoms with Crippen molar-refractivity contribution in [3.63, 3.8) is 0 Å². The molecule has 0 saturated carbocycles. The lowest BCUT2D eigenvalue weighted by molar-refractivity contribution is 0.959. The number of hydrogen-bond acceptors (Lipinski definition) is 0. The molecule has 2 aromatic carbocycles. The highest BCUT2D eigenvalue weighted by molar-refractivity contribution is 5.28. The Labute approximate surface area is 110 Å². The van der Waals surface area contributed by atoms with E-state index in [1.807, 2.05) is 0 Å². The first-order valence-electron chi connectivity index (χ1n) is 6.53. The summed E-state index contributed by atoms with van der Waals surface area (Å²) in [6.07, 6.45) is 5.59. The number of aryl methyl sites for hydroxylation is 1. The molecule has 0 amide bonds. The lowest BCUT2D eigenvalue weighted by atomic mass is 9.99. The van der Waals surface area contributed by atoms with E-state index < -0.39 is 0 Å². The molecule has 0 spiro atoms. The van der Waals surface area contributed by atoms with Crippen molar-refractivity contribution in [3.05, 3.63) is 83.4 Å². The summed E-state index contributed by atoms with van der Waals surface area (Å²) >= 11 is 0. The maximum absolute atomic E-state index is 2.29. The van der Waals surface area contributed by atoms with Crippen molar-refractivity contribution >= 4 is 0 Å². The van der Waals surface area contributed by atoms with E-state index in [9.17, 15) is 0 Å². The van der Waals surface area contributed by atoms with Crippen molar-refractivity contribution in [2.45, 2.75) is 26.2 Å². The van der Waals surface area contributed by atoms with Gasteiger partial charge in [0.15, 0.2) is 0 Å². The normalized spacial score (nSPS) is 12.8. The maximum atomic E-state index is 2.29. The van der Waals surface area contributed by atoms with Gasteiger partial charge in [-0.2, -0.15) is 0 Å². The third kappa shape index (κ3) is 3.33. The second-order valence-corrected chi connectivity index (χ2v) is 4.76. The molecule has 0 aliphatic heterocycles. The molecule has 0 aliphatic rings. The number of rotatable bonds is 4. The van der Waals surface area contributed by atoms with Gasteiger partial charge in [0.25, 0.3) is 0 Å². The van der Waals surface area contributed by atoms with Crippen LogP contribution < -0.4 is 0 Å². The van der Waals surface area contributed by atoms with Gasteiger partial charge in [-0.15, -0.1) is 0 Å². The number of hydrogen-bond donors (Lipinski definition) is 0. The Bertz CT molecular complexity index is 509. The van der Waals surface area contributed by atoms with E-state index in [0.717, 1.165) is 6.42 Å². The average molecular weight is 236 g/mol. The van der Waals surface area contributed by atoms with Gasteiger partial charge in [0, 0.05) is 0 Å². The molecule has 0 heteroatoms. The zero-order chi connectivity index (χ0) is 12.8. The van der Waals surface area contributed by atoms with Crippen molar-refractivity contribution in [2.75, 3.05) is 0 Å². The highest BCUT2D eigenvalue weighted by Gasteiger charge is 1.99. The van der Waals surface area contributed by atoms with Crippen molar-refractivity contribution in [3.8, 4) is 0 Å². The second kappa shape index (κ2) is 6.20. The monoisotopic (exact) mass is 236 g/mol. The van der Waals surface area contributed by atoms with Crippen molar-refractivity contribution in [1.29, 1.82) is 0 Å². The summed E-state index contributed by atoms with van der Waals surface area (Å²) in [5, 5.41) is 0. The van der Waals surface area contributed by atoms with E-state index in [4.69, 9.17) is 0 Å². The fourth-order valence-electron chi connectivity index (χ4n) is 2.11. The smallest absolute Gasteiger partial charge is 0.00103 e. The zero-order valence-electron chi connectivity index (χ0n) is 11.1. The topological polar surface area (TPSA) is 0 Å². The fourth-order valence-corrected chi connectivity index (χ4v) is 2.11. The molecule has 0 aromatic heterocycles. The molecule has 0 fully saturated rings. The largest absolute Gasteiger partial charge is 0.0835 e. The molecule has 1 atom stereocenters. The SMILES string of the molecule is Cc1ccccc1CC=CC(C)c1ccccc1. The minimum Gasteiger partial charge on any atom is -0.0835 e. The highest BCUT2D eigenvalue weighted by Crippen LogP contribution is 2.16. The zero-order valence-corrected chi connectivity index (χ0v) is 11.1. The fraction of sp³-hybridized carbons (Fsp3) is 0.222. The van der Waals surface area contributed by atoms with Crippen LogP contribution in [-0.4, -0.2) is 0 Å². The molecule has 0 heterocycles. The summed E-state index contributed by atoms with van der Waals surface area (Å²) < 4.78 is 0. The van der Waals surface area contributed by atoms with Crippen LogP contribution in [-0.2, 0) is 6.42 Å². The van der Waals surface area contributed by atoms with Crippen LogP contribution in [0.25, 0.3) is 0 Å². The Hall–Kier alpha value is -1.82. The van der Waals surface area contributed by atoms with Gasteiger partial charge < -0.3 is 0 Å². The third-order valence-corrected chi connectivity index (χ3v) is 3.35. The Morgan fingerprint density at radius 1 is 0.944 bits per heavy atom. The van der Waals surface area contributed by atoms with Crippen molar-refractivity contribution < 1.29 is 0 Å². The van der Waals surface area contributed by atoms with Gasteiger partial charge in [-0.25, -0.2) is 0 Å². The Balaban J connectivity index is 1.98. The first-order chi connectivity index (χ1) is 8.77. The third-order valence-electron chi connectivity index (χ3n) is 3.35. The van der Waals surface area contributed by atoms with Gasteiger partial charge in [-0.3, -0.25) is 0 Å². The molecule has 0 saturated heterocycles. The van der Waals surface area contributed by atoms with Crippen LogP contribution in [0, 0.1) is 6.92 Å². The summed E-state index contributed by atoms with van der Waals surface area (Å²) in [5.74, 6) is 0.482. The molecular formula is C18H20. The summed E-state index contributed by atoms with van der Waals surface area (Å²) in [7, 11) is 0. The molecule has 2 rings (SSSR count). The molecule has 0 N–H and O–H groups in total. The number of allylic oxidation sites excluding steroid dienone is 2. The van der Waals surface area contributed by atoms with Crippen molar-refractivity contribution in [1.82, 2.24) is 0 Å². The van der Waals surface area contributed by atoms with Gasteiger partial charge in [-0.1, -0.05) is 73.7 Å². The lowest BCUT2D eigenvalue weighted by Crippen LogP contribution is -1.90.